The number of likely N-dealkylation sites (N-methyl/N-ethyl adjacent to an activating group) is 1. The van der Waals surface area contributed by atoms with Crippen molar-refractivity contribution >= 4 is 40.4 Å². The highest BCUT2D eigenvalue weighted by Crippen LogP contribution is 2.47. The molecule has 0 spiro atoms. The van der Waals surface area contributed by atoms with Gasteiger partial charge in [0, 0.05) is 49.7 Å². The van der Waals surface area contributed by atoms with Crippen LogP contribution < -0.4 is 9.64 Å². The number of carbonyl (C=O) groups excluding carboxylic acids is 2. The van der Waals surface area contributed by atoms with Crippen LogP contribution >= 0.6 is 11.3 Å². The molecule has 1 aliphatic carbocycles. The second-order valence-electron chi connectivity index (χ2n) is 15.6. The largest absolute Gasteiger partial charge is 0.473 e. The molecule has 2 aromatic rings. The lowest BCUT2D eigenvalue weighted by molar-refractivity contribution is 0.00557. The summed E-state index contributed by atoms with van der Waals surface area (Å²) in [6, 6.07) is 4.02. The molecule has 2 fully saturated rings. The smallest absolute Gasteiger partial charge is 0.410 e. The quantitative estimate of drug-likeness (QED) is 0.114. The number of piperazine rings is 1. The van der Waals surface area contributed by atoms with Crippen molar-refractivity contribution in [1.82, 2.24) is 24.7 Å². The fourth-order valence-electron chi connectivity index (χ4n) is 7.41. The molecule has 0 aromatic carbocycles. The third kappa shape index (κ3) is 8.65. The van der Waals surface area contributed by atoms with Gasteiger partial charge in [-0.3, -0.25) is 14.6 Å². The number of aryl methyl sites for hydroxylation is 1. The molecule has 4 heterocycles. The van der Waals surface area contributed by atoms with Crippen LogP contribution in [-0.2, 0) is 16.6 Å². The van der Waals surface area contributed by atoms with Crippen molar-refractivity contribution in [2.24, 2.45) is 4.99 Å². The van der Waals surface area contributed by atoms with Gasteiger partial charge in [0.25, 0.3) is 5.78 Å². The molecular weight excluding hydrogens is 665 g/mol. The minimum Gasteiger partial charge on any atom is -0.473 e. The number of carbonyl (C=O) groups is 2. The van der Waals surface area contributed by atoms with E-state index in [-0.39, 0.29) is 36.1 Å². The Balaban J connectivity index is 1.47. The number of nitriles is 1. The van der Waals surface area contributed by atoms with Gasteiger partial charge in [-0.05, 0) is 100 Å². The van der Waals surface area contributed by atoms with E-state index in [2.05, 4.69) is 44.7 Å². The van der Waals surface area contributed by atoms with Crippen molar-refractivity contribution in [2.45, 2.75) is 116 Å². The Labute approximate surface area is 306 Å². The first-order chi connectivity index (χ1) is 24.0. The molecule has 2 saturated heterocycles. The lowest BCUT2D eigenvalue weighted by atomic mass is 9.73. The van der Waals surface area contributed by atoms with E-state index >= 15 is 0 Å². The monoisotopic (exact) mass is 716 g/mol. The molecule has 5 rings (SSSR count). The van der Waals surface area contributed by atoms with Gasteiger partial charge in [-0.15, -0.1) is 11.3 Å². The molecule has 0 saturated carbocycles. The highest BCUT2D eigenvalue weighted by atomic mass is 32.1. The maximum Gasteiger partial charge on any atom is 0.410 e. The van der Waals surface area contributed by atoms with Gasteiger partial charge in [0.2, 0.25) is 11.7 Å². The lowest BCUT2D eigenvalue weighted by Gasteiger charge is -2.44. The summed E-state index contributed by atoms with van der Waals surface area (Å²) < 4.78 is 12.1. The average Bonchev–Trinajstić information content (AvgIpc) is 3.65. The van der Waals surface area contributed by atoms with Crippen molar-refractivity contribution in [3.05, 3.63) is 27.9 Å². The summed E-state index contributed by atoms with van der Waals surface area (Å²) in [6.07, 6.45) is 5.74. The molecule has 2 aliphatic heterocycles. The maximum atomic E-state index is 13.9. The second kappa shape index (κ2) is 15.2. The number of fused-ring (bicyclic) bond motifs is 1. The van der Waals surface area contributed by atoms with Crippen molar-refractivity contribution in [1.29, 1.82) is 5.26 Å². The van der Waals surface area contributed by atoms with E-state index in [0.717, 1.165) is 42.7 Å². The topological polar surface area (TPSA) is 127 Å². The number of ether oxygens (including phenoxy) is 2. The zero-order chi connectivity index (χ0) is 37.2. The Bertz CT molecular complexity index is 1750. The summed E-state index contributed by atoms with van der Waals surface area (Å²) in [7, 11) is 5.87. The predicted octanol–water partition coefficient (Wildman–Crippen LogP) is 5.81. The van der Waals surface area contributed by atoms with E-state index < -0.39 is 16.8 Å². The molecule has 0 bridgehead atoms. The van der Waals surface area contributed by atoms with Gasteiger partial charge < -0.3 is 19.3 Å². The number of aromatic nitrogens is 2. The van der Waals surface area contributed by atoms with Crippen LogP contribution in [0.25, 0.3) is 0 Å². The molecule has 1 amide bonds. The maximum absolute atomic E-state index is 13.9. The Morgan fingerprint density at radius 2 is 1.90 bits per heavy atom. The first kappa shape index (κ1) is 38.0. The lowest BCUT2D eigenvalue weighted by Crippen LogP contribution is -2.59. The summed E-state index contributed by atoms with van der Waals surface area (Å²) in [5.41, 5.74) is 0.0699. The standard InChI is InChI=1S/C38H52N8O4S/c1-24-21-45(22-25(2)46(24)36(48)50-37(4,5)6)31-19-32(49-26(3)28-13-12-18-44(28)10)42-34(41-31)29(47)15-17-38(7)16-11-14-30-33(38)27(20-39)35(51-30)40-23-43(8)9/h19,23-26,28H,11-14,16,18,21-22H2,1-10H3/b40-23+/t24-,25-,26-,28-,38+/m0/s1. The van der Waals surface area contributed by atoms with E-state index in [1.807, 2.05) is 67.5 Å². The van der Waals surface area contributed by atoms with Gasteiger partial charge in [-0.25, -0.2) is 14.8 Å². The van der Waals surface area contributed by atoms with E-state index in [9.17, 15) is 14.9 Å². The number of thiophene rings is 1. The molecule has 2 aromatic heterocycles. The fraction of sp³-hybridized carbons (Fsp3) is 0.632. The zero-order valence-corrected chi connectivity index (χ0v) is 32.6. The predicted molar refractivity (Wildman–Crippen MR) is 200 cm³/mol. The molecule has 0 N–H and O–H groups in total. The first-order valence-corrected chi connectivity index (χ1v) is 18.7. The van der Waals surface area contributed by atoms with Crippen LogP contribution in [0.2, 0.25) is 0 Å². The van der Waals surface area contributed by atoms with Crippen LogP contribution in [0.1, 0.15) is 101 Å². The Morgan fingerprint density at radius 1 is 1.20 bits per heavy atom. The summed E-state index contributed by atoms with van der Waals surface area (Å²) in [5.74, 6) is 6.43. The number of hydrogen-bond donors (Lipinski definition) is 0. The van der Waals surface area contributed by atoms with Gasteiger partial charge in [0.05, 0.1) is 29.4 Å². The van der Waals surface area contributed by atoms with Gasteiger partial charge in [-0.1, -0.05) is 5.92 Å². The summed E-state index contributed by atoms with van der Waals surface area (Å²) in [4.78, 5) is 50.0. The summed E-state index contributed by atoms with van der Waals surface area (Å²) >= 11 is 1.52. The van der Waals surface area contributed by atoms with Crippen molar-refractivity contribution < 1.29 is 19.1 Å². The Hall–Kier alpha value is -4.20. The Morgan fingerprint density at radius 3 is 2.51 bits per heavy atom. The normalized spacial score (nSPS) is 24.4. The number of aliphatic imine (C=N–C) groups is 1. The fourth-order valence-corrected chi connectivity index (χ4v) is 8.67. The molecule has 0 radical (unpaired) electrons. The van der Waals surface area contributed by atoms with Gasteiger partial charge >= 0.3 is 6.09 Å². The number of hydrogen-bond acceptors (Lipinski definition) is 11. The van der Waals surface area contributed by atoms with Crippen LogP contribution in [0.3, 0.4) is 0 Å². The number of anilines is 1. The molecule has 0 unspecified atom stereocenters. The minimum absolute atomic E-state index is 0.0430. The van der Waals surface area contributed by atoms with Gasteiger partial charge in [0.15, 0.2) is 0 Å². The third-order valence-electron chi connectivity index (χ3n) is 9.73. The van der Waals surface area contributed by atoms with Crippen molar-refractivity contribution in [2.75, 3.05) is 45.7 Å². The zero-order valence-electron chi connectivity index (χ0n) is 31.7. The van der Waals surface area contributed by atoms with E-state index in [0.29, 0.717) is 41.8 Å². The number of Topliss-reactive ketones (excluding diaryl/α,β-unsaturated/α-hetero) is 1. The number of ketones is 1. The molecule has 3 aliphatic rings. The molecule has 12 nitrogen and oxygen atoms in total. The second-order valence-corrected chi connectivity index (χ2v) is 16.6. The summed E-state index contributed by atoms with van der Waals surface area (Å²) in [5, 5.41) is 10.8. The van der Waals surface area contributed by atoms with Gasteiger partial charge in [0.1, 0.15) is 28.6 Å². The SMILES string of the molecule is C[C@H](Oc1cc(N2C[C@H](C)N(C(=O)OC(C)(C)C)[C@@H](C)C2)nc(C(=O)C#C[C@@]2(C)CCCc3sc(/N=C/N(C)C)c(C#N)c32)n1)[C@@H]1CCCN1C. The van der Waals surface area contributed by atoms with Crippen molar-refractivity contribution in [3.8, 4) is 23.8 Å². The van der Waals surface area contributed by atoms with E-state index in [1.54, 1.807) is 17.3 Å². The highest BCUT2D eigenvalue weighted by molar-refractivity contribution is 7.16. The molecule has 51 heavy (non-hydrogen) atoms. The molecule has 274 valence electrons. The molecular formula is C38H52N8O4S. The molecule has 13 heteroatoms. The van der Waals surface area contributed by atoms with Crippen LogP contribution in [0.5, 0.6) is 5.88 Å². The molecule has 5 atom stereocenters. The van der Waals surface area contributed by atoms with Gasteiger partial charge in [-0.2, -0.15) is 10.2 Å². The van der Waals surface area contributed by atoms with E-state index in [4.69, 9.17) is 14.5 Å². The van der Waals surface area contributed by atoms with Crippen LogP contribution in [0, 0.1) is 23.2 Å². The minimum atomic E-state index is -0.710. The highest BCUT2D eigenvalue weighted by Gasteiger charge is 2.38. The number of likely N-dealkylation sites (tertiary alicyclic amines) is 1. The third-order valence-corrected chi connectivity index (χ3v) is 10.9. The number of nitrogens with zero attached hydrogens (tertiary/aromatic N) is 8. The summed E-state index contributed by atoms with van der Waals surface area (Å²) in [6.45, 7) is 15.5. The number of rotatable bonds is 7. The van der Waals surface area contributed by atoms with Crippen LogP contribution in [0.15, 0.2) is 11.1 Å². The Kier molecular flexibility index (Phi) is 11.3. The average molecular weight is 717 g/mol. The first-order valence-electron chi connectivity index (χ1n) is 17.9. The van der Waals surface area contributed by atoms with Crippen LogP contribution in [0.4, 0.5) is 15.6 Å². The van der Waals surface area contributed by atoms with Crippen molar-refractivity contribution in [3.63, 3.8) is 0 Å². The van der Waals surface area contributed by atoms with E-state index in [1.165, 1.54) is 11.3 Å². The van der Waals surface area contributed by atoms with Crippen LogP contribution in [-0.4, -0.2) is 113 Å². The number of amides is 1.